The van der Waals surface area contributed by atoms with E-state index in [9.17, 15) is 20.2 Å². The number of para-hydroxylation sites is 1. The molecule has 4 aromatic rings. The quantitative estimate of drug-likeness (QED) is 0.240. The van der Waals surface area contributed by atoms with E-state index in [0.29, 0.717) is 24.3 Å². The molecule has 0 saturated heterocycles. The first kappa shape index (κ1) is 20.1. The Morgan fingerprint density at radius 3 is 2.68 bits per heavy atom. The van der Waals surface area contributed by atoms with Crippen LogP contribution in [0.5, 0.6) is 0 Å². The third-order valence-corrected chi connectivity index (χ3v) is 5.21. The van der Waals surface area contributed by atoms with Crippen LogP contribution in [-0.2, 0) is 6.42 Å². The number of aromatic nitrogens is 3. The van der Waals surface area contributed by atoms with E-state index < -0.39 is 10.6 Å². The van der Waals surface area contributed by atoms with Gasteiger partial charge in [0.15, 0.2) is 0 Å². The molecule has 0 saturated carbocycles. The smallest absolute Gasteiger partial charge is 0.331 e. The SMILES string of the molecule is N#Cc1[nH]c(=O)n(-c2cccc([N+](=O)[O-])c2)c1-c1c(CCCCN)[nH]c2ccccc12. The average molecular weight is 416 g/mol. The van der Waals surface area contributed by atoms with Gasteiger partial charge in [-0.25, -0.2) is 4.79 Å². The van der Waals surface area contributed by atoms with Gasteiger partial charge >= 0.3 is 5.69 Å². The number of nitrogens with zero attached hydrogens (tertiary/aromatic N) is 3. The summed E-state index contributed by atoms with van der Waals surface area (Å²) >= 11 is 0. The fraction of sp³-hybridized carbons (Fsp3) is 0.182. The maximum atomic E-state index is 12.9. The van der Waals surface area contributed by atoms with Gasteiger partial charge in [-0.3, -0.25) is 19.7 Å². The highest BCUT2D eigenvalue weighted by molar-refractivity contribution is 5.98. The van der Waals surface area contributed by atoms with Crippen LogP contribution in [-0.4, -0.2) is 26.0 Å². The van der Waals surface area contributed by atoms with Crippen molar-refractivity contribution in [1.82, 2.24) is 14.5 Å². The van der Waals surface area contributed by atoms with Crippen molar-refractivity contribution < 1.29 is 4.92 Å². The van der Waals surface area contributed by atoms with Gasteiger partial charge in [0.05, 0.1) is 16.3 Å². The van der Waals surface area contributed by atoms with Crippen LogP contribution in [0.1, 0.15) is 24.2 Å². The molecular formula is C22H20N6O3. The Morgan fingerprint density at radius 1 is 1.13 bits per heavy atom. The van der Waals surface area contributed by atoms with Gasteiger partial charge in [0.1, 0.15) is 11.8 Å². The van der Waals surface area contributed by atoms with E-state index in [1.165, 1.54) is 22.8 Å². The van der Waals surface area contributed by atoms with Gasteiger partial charge in [0.2, 0.25) is 0 Å². The number of H-pyrrole nitrogens is 2. The standard InChI is InChI=1S/C22H20N6O3/c23-11-4-3-10-18-20(16-8-1-2-9-17(16)25-18)21-19(13-24)26-22(29)27(21)14-6-5-7-15(12-14)28(30)31/h1-2,5-9,12,25H,3-4,10-11,23H2,(H,26,29). The molecule has 0 fully saturated rings. The lowest BCUT2D eigenvalue weighted by atomic mass is 10.0. The molecule has 0 bridgehead atoms. The second-order valence-corrected chi connectivity index (χ2v) is 7.15. The lowest BCUT2D eigenvalue weighted by Gasteiger charge is -2.10. The maximum absolute atomic E-state index is 12.9. The van der Waals surface area contributed by atoms with Crippen LogP contribution in [0.3, 0.4) is 0 Å². The first-order valence-electron chi connectivity index (χ1n) is 9.85. The number of unbranched alkanes of at least 4 members (excludes halogenated alkanes) is 1. The number of aryl methyl sites for hydroxylation is 1. The zero-order valence-electron chi connectivity index (χ0n) is 16.6. The summed E-state index contributed by atoms with van der Waals surface area (Å²) in [6, 6.07) is 15.5. The van der Waals surface area contributed by atoms with E-state index in [1.807, 2.05) is 24.3 Å². The Morgan fingerprint density at radius 2 is 1.94 bits per heavy atom. The molecule has 0 aliphatic heterocycles. The van der Waals surface area contributed by atoms with Crippen LogP contribution in [0.15, 0.2) is 53.3 Å². The van der Waals surface area contributed by atoms with Crippen molar-refractivity contribution in [1.29, 1.82) is 5.26 Å². The third kappa shape index (κ3) is 3.60. The molecule has 4 rings (SSSR count). The van der Waals surface area contributed by atoms with Gasteiger partial charge in [-0.1, -0.05) is 24.3 Å². The third-order valence-electron chi connectivity index (χ3n) is 5.21. The highest BCUT2D eigenvalue weighted by atomic mass is 16.6. The maximum Gasteiger partial charge on any atom is 0.331 e. The number of hydrogen-bond donors (Lipinski definition) is 3. The lowest BCUT2D eigenvalue weighted by molar-refractivity contribution is -0.384. The van der Waals surface area contributed by atoms with Gasteiger partial charge in [-0.05, 0) is 37.9 Å². The number of nitro benzene ring substituents is 1. The summed E-state index contributed by atoms with van der Waals surface area (Å²) in [5.41, 5.74) is 8.25. The van der Waals surface area contributed by atoms with Gasteiger partial charge < -0.3 is 10.7 Å². The highest BCUT2D eigenvalue weighted by Crippen LogP contribution is 2.36. The molecule has 0 aliphatic carbocycles. The summed E-state index contributed by atoms with van der Waals surface area (Å²) in [6.45, 7) is 0.571. The van der Waals surface area contributed by atoms with Gasteiger partial charge in [-0.2, -0.15) is 5.26 Å². The number of imidazole rings is 1. The van der Waals surface area contributed by atoms with E-state index in [2.05, 4.69) is 16.0 Å². The summed E-state index contributed by atoms with van der Waals surface area (Å²) in [5.74, 6) is 0. The lowest BCUT2D eigenvalue weighted by Crippen LogP contribution is -2.16. The molecule has 9 nitrogen and oxygen atoms in total. The minimum atomic E-state index is -0.537. The molecule has 2 aromatic carbocycles. The van der Waals surface area contributed by atoms with Crippen molar-refractivity contribution in [2.24, 2.45) is 5.73 Å². The van der Waals surface area contributed by atoms with Crippen molar-refractivity contribution in [3.8, 4) is 23.0 Å². The Balaban J connectivity index is 2.02. The number of fused-ring (bicyclic) bond motifs is 1. The van der Waals surface area contributed by atoms with Gasteiger partial charge in [0.25, 0.3) is 5.69 Å². The summed E-state index contributed by atoms with van der Waals surface area (Å²) in [6.07, 6.45) is 2.36. The fourth-order valence-electron chi connectivity index (χ4n) is 3.85. The molecule has 0 spiro atoms. The molecule has 0 amide bonds. The van der Waals surface area contributed by atoms with Crippen LogP contribution >= 0.6 is 0 Å². The summed E-state index contributed by atoms with van der Waals surface area (Å²) in [7, 11) is 0. The Hall–Kier alpha value is -4.16. The fourth-order valence-corrected chi connectivity index (χ4v) is 3.85. The molecular weight excluding hydrogens is 396 g/mol. The van der Waals surface area contributed by atoms with E-state index in [1.54, 1.807) is 6.07 Å². The van der Waals surface area contributed by atoms with Crippen molar-refractivity contribution in [2.45, 2.75) is 19.3 Å². The molecule has 4 N–H and O–H groups in total. The van der Waals surface area contributed by atoms with Crippen molar-refractivity contribution in [3.05, 3.63) is 80.5 Å². The van der Waals surface area contributed by atoms with Gasteiger partial charge in [0, 0.05) is 34.3 Å². The van der Waals surface area contributed by atoms with Crippen LogP contribution in [0.4, 0.5) is 5.69 Å². The van der Waals surface area contributed by atoms with Crippen molar-refractivity contribution in [3.63, 3.8) is 0 Å². The highest BCUT2D eigenvalue weighted by Gasteiger charge is 2.24. The molecule has 0 aliphatic rings. The zero-order chi connectivity index (χ0) is 22.0. The van der Waals surface area contributed by atoms with Crippen LogP contribution in [0.2, 0.25) is 0 Å². The largest absolute Gasteiger partial charge is 0.358 e. The Bertz CT molecular complexity index is 1370. The number of nitro groups is 1. The Labute approximate surface area is 176 Å². The van der Waals surface area contributed by atoms with Gasteiger partial charge in [-0.15, -0.1) is 0 Å². The second kappa shape index (κ2) is 8.30. The van der Waals surface area contributed by atoms with E-state index >= 15 is 0 Å². The Kier molecular flexibility index (Phi) is 5.39. The number of nitriles is 1. The normalized spacial score (nSPS) is 11.0. The monoisotopic (exact) mass is 416 g/mol. The molecule has 0 atom stereocenters. The number of benzene rings is 2. The molecule has 0 radical (unpaired) electrons. The summed E-state index contributed by atoms with van der Waals surface area (Å²) < 4.78 is 1.33. The summed E-state index contributed by atoms with van der Waals surface area (Å²) in [5, 5.41) is 21.9. The van der Waals surface area contributed by atoms with Crippen molar-refractivity contribution in [2.75, 3.05) is 6.54 Å². The number of non-ortho nitro benzene ring substituents is 1. The predicted octanol–water partition coefficient (Wildman–Crippen LogP) is 3.38. The van der Waals surface area contributed by atoms with Crippen LogP contribution < -0.4 is 11.4 Å². The minimum absolute atomic E-state index is 0.0985. The number of hydrogen-bond acceptors (Lipinski definition) is 5. The van der Waals surface area contributed by atoms with Crippen molar-refractivity contribution >= 4 is 16.6 Å². The van der Waals surface area contributed by atoms with Crippen LogP contribution in [0, 0.1) is 21.4 Å². The first-order valence-corrected chi connectivity index (χ1v) is 9.85. The molecule has 9 heteroatoms. The van der Waals surface area contributed by atoms with E-state index in [4.69, 9.17) is 5.73 Å². The number of nitrogens with one attached hydrogen (secondary N) is 2. The minimum Gasteiger partial charge on any atom is -0.358 e. The first-order chi connectivity index (χ1) is 15.0. The predicted molar refractivity (Wildman–Crippen MR) is 117 cm³/mol. The molecule has 2 heterocycles. The zero-order valence-corrected chi connectivity index (χ0v) is 16.6. The average Bonchev–Trinajstić information content (AvgIpc) is 3.30. The van der Waals surface area contributed by atoms with E-state index in [0.717, 1.165) is 35.0 Å². The molecule has 0 unspecified atom stereocenters. The second-order valence-electron chi connectivity index (χ2n) is 7.15. The number of aromatic amines is 2. The summed E-state index contributed by atoms with van der Waals surface area (Å²) in [4.78, 5) is 29.6. The number of nitrogens with two attached hydrogens (primary N) is 1. The topological polar surface area (TPSA) is 147 Å². The number of rotatable bonds is 7. The van der Waals surface area contributed by atoms with E-state index in [-0.39, 0.29) is 11.4 Å². The molecule has 2 aromatic heterocycles. The molecule has 156 valence electrons. The molecule has 31 heavy (non-hydrogen) atoms. The van der Waals surface area contributed by atoms with Crippen LogP contribution in [0.25, 0.3) is 27.8 Å².